The molecule has 0 bridgehead atoms. The van der Waals surface area contributed by atoms with E-state index in [-0.39, 0.29) is 5.54 Å². The van der Waals surface area contributed by atoms with Crippen molar-refractivity contribution in [1.29, 1.82) is 0 Å². The average Bonchev–Trinajstić information content (AvgIpc) is 2.89. The molecule has 0 saturated carbocycles. The zero-order valence-corrected chi connectivity index (χ0v) is 12.6. The van der Waals surface area contributed by atoms with Gasteiger partial charge in [-0.3, -0.25) is 4.99 Å². The summed E-state index contributed by atoms with van der Waals surface area (Å²) in [5, 5.41) is 4.75. The molecule has 0 spiro atoms. The van der Waals surface area contributed by atoms with E-state index in [2.05, 4.69) is 58.0 Å². The summed E-state index contributed by atoms with van der Waals surface area (Å²) < 4.78 is 2.01. The quantitative estimate of drug-likeness (QED) is 0.692. The van der Waals surface area contributed by atoms with E-state index in [0.29, 0.717) is 0 Å². The summed E-state index contributed by atoms with van der Waals surface area (Å²) in [7, 11) is 0. The molecule has 1 aromatic heterocycles. The van der Waals surface area contributed by atoms with Gasteiger partial charge in [0.15, 0.2) is 5.84 Å². The smallest absolute Gasteiger partial charge is 0.157 e. The molecular weight excluding hydrogens is 246 g/mol. The number of aryl methyl sites for hydroxylation is 1. The van der Waals surface area contributed by atoms with Gasteiger partial charge in [0.2, 0.25) is 0 Å². The molecule has 0 amide bonds. The Morgan fingerprint density at radius 1 is 1.15 bits per heavy atom. The molecule has 0 atom stereocenters. The summed E-state index contributed by atoms with van der Waals surface area (Å²) in [5.74, 6) is 0.977. The van der Waals surface area contributed by atoms with Gasteiger partial charge in [0.1, 0.15) is 0 Å². The lowest BCUT2D eigenvalue weighted by molar-refractivity contribution is 0.579. The molecule has 2 heterocycles. The van der Waals surface area contributed by atoms with Crippen molar-refractivity contribution >= 4 is 5.84 Å². The highest BCUT2D eigenvalue weighted by molar-refractivity contribution is 6.11. The van der Waals surface area contributed by atoms with Crippen LogP contribution in [0.15, 0.2) is 35.3 Å². The zero-order valence-electron chi connectivity index (χ0n) is 12.6. The van der Waals surface area contributed by atoms with Gasteiger partial charge in [-0.05, 0) is 33.3 Å². The van der Waals surface area contributed by atoms with Crippen LogP contribution in [0.4, 0.5) is 0 Å². The first-order valence-corrected chi connectivity index (χ1v) is 7.28. The number of hydrogen-bond donors (Lipinski definition) is 0. The van der Waals surface area contributed by atoms with Crippen LogP contribution in [0.25, 0.3) is 11.3 Å². The molecule has 3 rings (SSSR count). The molecule has 0 saturated heterocycles. The highest BCUT2D eigenvalue weighted by Crippen LogP contribution is 2.33. The molecule has 0 radical (unpaired) electrons. The number of fused-ring (bicyclic) bond motifs is 3. The highest BCUT2D eigenvalue weighted by Gasteiger charge is 2.27. The molecule has 0 unspecified atom stereocenters. The van der Waals surface area contributed by atoms with E-state index in [0.717, 1.165) is 24.4 Å². The summed E-state index contributed by atoms with van der Waals surface area (Å²) in [6, 6.07) is 10.6. The van der Waals surface area contributed by atoms with E-state index in [1.165, 1.54) is 16.8 Å². The lowest BCUT2D eigenvalue weighted by Crippen LogP contribution is -2.19. The van der Waals surface area contributed by atoms with E-state index in [1.54, 1.807) is 0 Å². The Hall–Kier alpha value is -1.90. The molecule has 104 valence electrons. The van der Waals surface area contributed by atoms with Crippen LogP contribution in [0.5, 0.6) is 0 Å². The van der Waals surface area contributed by atoms with Crippen LogP contribution in [0.3, 0.4) is 0 Å². The second-order valence-corrected chi connectivity index (χ2v) is 6.33. The first-order valence-electron chi connectivity index (χ1n) is 7.28. The average molecular weight is 267 g/mol. The van der Waals surface area contributed by atoms with Crippen LogP contribution >= 0.6 is 0 Å². The summed E-state index contributed by atoms with van der Waals surface area (Å²) >= 11 is 0. The lowest BCUT2D eigenvalue weighted by atomic mass is 10.1. The van der Waals surface area contributed by atoms with Gasteiger partial charge >= 0.3 is 0 Å². The monoisotopic (exact) mass is 267 g/mol. The fourth-order valence-corrected chi connectivity index (χ4v) is 2.60. The molecule has 1 aliphatic rings. The van der Waals surface area contributed by atoms with Gasteiger partial charge in [-0.1, -0.05) is 37.6 Å². The summed E-state index contributed by atoms with van der Waals surface area (Å²) in [4.78, 5) is 4.88. The molecule has 0 fully saturated rings. The molecule has 0 N–H and O–H groups in total. The Morgan fingerprint density at radius 2 is 1.85 bits per heavy atom. The van der Waals surface area contributed by atoms with Gasteiger partial charge in [0, 0.05) is 11.1 Å². The van der Waals surface area contributed by atoms with Crippen LogP contribution in [-0.4, -0.2) is 21.2 Å². The third-order valence-corrected chi connectivity index (χ3v) is 3.35. The SMILES string of the molecule is CCCc1cc2n(n1)C(=NC(C)(C)C)c1ccccc1-2. The van der Waals surface area contributed by atoms with Crippen molar-refractivity contribution in [1.82, 2.24) is 9.78 Å². The Morgan fingerprint density at radius 3 is 2.50 bits per heavy atom. The number of rotatable bonds is 2. The summed E-state index contributed by atoms with van der Waals surface area (Å²) in [5.41, 5.74) is 4.64. The Bertz CT molecular complexity index is 672. The minimum atomic E-state index is -0.110. The van der Waals surface area contributed by atoms with E-state index in [9.17, 15) is 0 Å². The molecule has 1 aliphatic heterocycles. The van der Waals surface area contributed by atoms with Gasteiger partial charge in [0.05, 0.1) is 16.9 Å². The van der Waals surface area contributed by atoms with Crippen LogP contribution in [0.2, 0.25) is 0 Å². The van der Waals surface area contributed by atoms with Crippen LogP contribution in [-0.2, 0) is 6.42 Å². The predicted molar refractivity (Wildman–Crippen MR) is 83.3 cm³/mol. The highest BCUT2D eigenvalue weighted by atomic mass is 15.3. The Kier molecular flexibility index (Phi) is 3.00. The van der Waals surface area contributed by atoms with E-state index < -0.39 is 0 Å². The molecule has 20 heavy (non-hydrogen) atoms. The van der Waals surface area contributed by atoms with Crippen molar-refractivity contribution in [2.75, 3.05) is 0 Å². The maximum Gasteiger partial charge on any atom is 0.157 e. The van der Waals surface area contributed by atoms with Gasteiger partial charge in [-0.15, -0.1) is 0 Å². The van der Waals surface area contributed by atoms with Crippen molar-refractivity contribution in [3.8, 4) is 11.3 Å². The molecule has 0 aliphatic carbocycles. The molecule has 3 nitrogen and oxygen atoms in total. The standard InChI is InChI=1S/C17H21N3/c1-5-8-12-11-15-13-9-6-7-10-14(13)16(20(15)19-12)18-17(2,3)4/h6-7,9-11H,5,8H2,1-4H3. The van der Waals surface area contributed by atoms with Gasteiger partial charge in [0.25, 0.3) is 0 Å². The van der Waals surface area contributed by atoms with E-state index in [4.69, 9.17) is 10.1 Å². The Labute approximate surface area is 120 Å². The normalized spacial score (nSPS) is 15.5. The van der Waals surface area contributed by atoms with Gasteiger partial charge in [-0.25, -0.2) is 4.68 Å². The number of aliphatic imine (C=N–C) groups is 1. The summed E-state index contributed by atoms with van der Waals surface area (Å²) in [6.45, 7) is 8.55. The number of hydrogen-bond acceptors (Lipinski definition) is 2. The topological polar surface area (TPSA) is 30.2 Å². The van der Waals surface area contributed by atoms with Crippen molar-refractivity contribution in [2.45, 2.75) is 46.1 Å². The Balaban J connectivity index is 2.20. The van der Waals surface area contributed by atoms with Crippen molar-refractivity contribution < 1.29 is 0 Å². The number of benzene rings is 1. The minimum Gasteiger partial charge on any atom is -0.260 e. The number of nitrogens with zero attached hydrogens (tertiary/aromatic N) is 3. The first kappa shape index (κ1) is 13.1. The lowest BCUT2D eigenvalue weighted by Gasteiger charge is -2.14. The van der Waals surface area contributed by atoms with Crippen molar-refractivity contribution in [3.63, 3.8) is 0 Å². The van der Waals surface area contributed by atoms with Crippen LogP contribution in [0, 0.1) is 0 Å². The fraction of sp³-hybridized carbons (Fsp3) is 0.412. The predicted octanol–water partition coefficient (Wildman–Crippen LogP) is 3.91. The maximum absolute atomic E-state index is 4.88. The molecule has 1 aromatic carbocycles. The molecular formula is C17H21N3. The van der Waals surface area contributed by atoms with Crippen LogP contribution < -0.4 is 0 Å². The third kappa shape index (κ3) is 2.17. The molecule has 3 heteroatoms. The maximum atomic E-state index is 4.88. The van der Waals surface area contributed by atoms with E-state index in [1.807, 2.05) is 4.68 Å². The zero-order chi connectivity index (χ0) is 14.3. The third-order valence-electron chi connectivity index (χ3n) is 3.35. The van der Waals surface area contributed by atoms with Crippen molar-refractivity contribution in [3.05, 3.63) is 41.6 Å². The molecule has 2 aromatic rings. The van der Waals surface area contributed by atoms with Crippen molar-refractivity contribution in [2.24, 2.45) is 4.99 Å². The van der Waals surface area contributed by atoms with Gasteiger partial charge < -0.3 is 0 Å². The minimum absolute atomic E-state index is 0.110. The summed E-state index contributed by atoms with van der Waals surface area (Å²) in [6.07, 6.45) is 2.13. The first-order chi connectivity index (χ1) is 9.49. The van der Waals surface area contributed by atoms with E-state index >= 15 is 0 Å². The largest absolute Gasteiger partial charge is 0.260 e. The number of aromatic nitrogens is 2. The second-order valence-electron chi connectivity index (χ2n) is 6.33. The van der Waals surface area contributed by atoms with Gasteiger partial charge in [-0.2, -0.15) is 5.10 Å². The fourth-order valence-electron chi connectivity index (χ4n) is 2.60. The second kappa shape index (κ2) is 4.58. The van der Waals surface area contributed by atoms with Crippen LogP contribution in [0.1, 0.15) is 45.4 Å².